The highest BCUT2D eigenvalue weighted by Crippen LogP contribution is 2.44. The molecule has 0 bridgehead atoms. The molecule has 39 heavy (non-hydrogen) atoms. The van der Waals surface area contributed by atoms with E-state index in [0.717, 1.165) is 54.5 Å². The first-order valence-electron chi connectivity index (χ1n) is 14.3. The van der Waals surface area contributed by atoms with Gasteiger partial charge in [0.2, 0.25) is 12.5 Å². The minimum absolute atomic E-state index is 0. The lowest BCUT2D eigenvalue weighted by molar-refractivity contribution is -0.686. The topological polar surface area (TPSA) is 57.9 Å². The molecular weight excluding hydrogens is 514 g/mol. The number of rotatable bonds is 12. The van der Waals surface area contributed by atoms with Gasteiger partial charge in [-0.25, -0.2) is 0 Å². The van der Waals surface area contributed by atoms with E-state index >= 15 is 0 Å². The number of pyridine rings is 1. The van der Waals surface area contributed by atoms with Gasteiger partial charge in [-0.15, -0.1) is 0 Å². The second kappa shape index (κ2) is 13.4. The molecule has 1 aromatic heterocycles. The lowest BCUT2D eigenvalue weighted by Gasteiger charge is -2.21. The predicted octanol–water partition coefficient (Wildman–Crippen LogP) is 4.09. The smallest absolute Gasteiger partial charge is 0.311 e. The normalized spacial score (nSPS) is 13.0. The predicted molar refractivity (Wildman–Crippen MR) is 148 cm³/mol. The Morgan fingerprint density at radius 1 is 0.949 bits per heavy atom. The molecule has 0 spiro atoms. The first kappa shape index (κ1) is 29.0. The summed E-state index contributed by atoms with van der Waals surface area (Å²) in [5.41, 5.74) is 5.03. The van der Waals surface area contributed by atoms with Gasteiger partial charge in [0.1, 0.15) is 0 Å². The van der Waals surface area contributed by atoms with Gasteiger partial charge in [0, 0.05) is 23.8 Å². The number of methoxy groups -OCH3 is 1. The van der Waals surface area contributed by atoms with Crippen molar-refractivity contribution in [3.05, 3.63) is 41.6 Å². The van der Waals surface area contributed by atoms with Gasteiger partial charge in [0.25, 0.3) is 0 Å². The van der Waals surface area contributed by atoms with Crippen molar-refractivity contribution in [1.29, 1.82) is 0 Å². The number of carbonyl (C=O) groups excluding carboxylic acids is 1. The lowest BCUT2D eigenvalue weighted by atomic mass is 9.89. The van der Waals surface area contributed by atoms with Crippen LogP contribution >= 0.6 is 0 Å². The van der Waals surface area contributed by atoms with Crippen LogP contribution in [0.3, 0.4) is 0 Å². The fraction of sp³-hybridized carbons (Fsp3) is 0.500. The highest BCUT2D eigenvalue weighted by Gasteiger charge is 2.32. The van der Waals surface area contributed by atoms with E-state index in [4.69, 9.17) is 18.9 Å². The minimum atomic E-state index is -0.229. The largest absolute Gasteiger partial charge is 1.00 e. The number of ether oxygens (including phenoxy) is 4. The maximum Gasteiger partial charge on any atom is 0.311 e. The van der Waals surface area contributed by atoms with Crippen molar-refractivity contribution in [2.75, 3.05) is 13.9 Å². The molecule has 0 radical (unpaired) electrons. The molecule has 3 heterocycles. The zero-order valence-corrected chi connectivity index (χ0v) is 24.2. The standard InChI is InChI=1S/C32H40NO5.ClH/c1-4-6-7-8-9-10-11-13-24-23-14-15-27(35-3)32(38-30(34)12-5-2)26(23)20-33-17-16-22-18-28-29(37-21-36-28)19-25(22)31(24)33;/h14-15,18-20H,4-13,16-17,21H2,1-3H3;1H/q+1;/p-1. The molecule has 0 fully saturated rings. The van der Waals surface area contributed by atoms with Gasteiger partial charge in [0.05, 0.1) is 18.1 Å². The molecule has 2 aliphatic rings. The van der Waals surface area contributed by atoms with Crippen molar-refractivity contribution < 1.29 is 40.7 Å². The van der Waals surface area contributed by atoms with Crippen LogP contribution in [0.5, 0.6) is 23.0 Å². The Labute approximate surface area is 238 Å². The second-order valence-electron chi connectivity index (χ2n) is 10.4. The van der Waals surface area contributed by atoms with Gasteiger partial charge in [-0.2, -0.15) is 4.57 Å². The number of halogens is 1. The Kier molecular flexibility index (Phi) is 9.95. The van der Waals surface area contributed by atoms with Crippen LogP contribution in [-0.4, -0.2) is 19.9 Å². The summed E-state index contributed by atoms with van der Waals surface area (Å²) in [6.45, 7) is 5.36. The van der Waals surface area contributed by atoms with Crippen LogP contribution in [0.15, 0.2) is 30.5 Å². The quantitative estimate of drug-likeness (QED) is 0.146. The highest BCUT2D eigenvalue weighted by molar-refractivity contribution is 5.96. The van der Waals surface area contributed by atoms with E-state index in [1.165, 1.54) is 60.9 Å². The minimum Gasteiger partial charge on any atom is -1.00 e. The van der Waals surface area contributed by atoms with E-state index < -0.39 is 0 Å². The Bertz CT molecular complexity index is 1320. The number of esters is 1. The lowest BCUT2D eigenvalue weighted by Crippen LogP contribution is -3.00. The third-order valence-corrected chi connectivity index (χ3v) is 7.74. The number of hydrogen-bond acceptors (Lipinski definition) is 5. The molecule has 0 atom stereocenters. The molecule has 0 amide bonds. The van der Waals surface area contributed by atoms with Crippen LogP contribution in [-0.2, 0) is 24.2 Å². The number of unbranched alkanes of at least 4 members (excludes halogenated alkanes) is 6. The summed E-state index contributed by atoms with van der Waals surface area (Å²) in [4.78, 5) is 12.6. The van der Waals surface area contributed by atoms with E-state index in [9.17, 15) is 4.79 Å². The Morgan fingerprint density at radius 3 is 2.44 bits per heavy atom. The first-order chi connectivity index (χ1) is 18.6. The van der Waals surface area contributed by atoms with Crippen molar-refractivity contribution in [2.24, 2.45) is 0 Å². The number of benzene rings is 2. The number of nitrogens with zero attached hydrogens (tertiary/aromatic N) is 1. The van der Waals surface area contributed by atoms with Gasteiger partial charge in [-0.1, -0.05) is 52.4 Å². The van der Waals surface area contributed by atoms with E-state index in [1.807, 2.05) is 13.0 Å². The number of carbonyl (C=O) groups is 1. The monoisotopic (exact) mass is 553 g/mol. The zero-order valence-electron chi connectivity index (χ0n) is 23.4. The van der Waals surface area contributed by atoms with Gasteiger partial charge in [0.15, 0.2) is 35.7 Å². The van der Waals surface area contributed by atoms with Crippen LogP contribution in [0.2, 0.25) is 0 Å². The van der Waals surface area contributed by atoms with Crippen LogP contribution < -0.4 is 35.9 Å². The van der Waals surface area contributed by atoms with E-state index in [1.54, 1.807) is 7.11 Å². The van der Waals surface area contributed by atoms with Crippen molar-refractivity contribution in [1.82, 2.24) is 0 Å². The summed E-state index contributed by atoms with van der Waals surface area (Å²) in [5, 5.41) is 2.05. The van der Waals surface area contributed by atoms with Crippen LogP contribution in [0, 0.1) is 0 Å². The SMILES string of the molecule is CCCCCCCCCc1c2[n+](cc3c(OC(=O)CCC)c(OC)ccc13)CCc1cc3c(cc1-2)OCO3.[Cl-]. The van der Waals surface area contributed by atoms with E-state index in [0.29, 0.717) is 17.9 Å². The van der Waals surface area contributed by atoms with Crippen LogP contribution in [0.4, 0.5) is 0 Å². The molecule has 7 heteroatoms. The fourth-order valence-electron chi connectivity index (χ4n) is 5.78. The van der Waals surface area contributed by atoms with Crippen molar-refractivity contribution in [2.45, 2.75) is 91.0 Å². The van der Waals surface area contributed by atoms with Gasteiger partial charge in [-0.05, 0) is 49.1 Å². The van der Waals surface area contributed by atoms with E-state index in [-0.39, 0.29) is 25.2 Å². The summed E-state index contributed by atoms with van der Waals surface area (Å²) >= 11 is 0. The molecule has 210 valence electrons. The summed E-state index contributed by atoms with van der Waals surface area (Å²) in [7, 11) is 1.63. The molecule has 0 saturated carbocycles. The van der Waals surface area contributed by atoms with Crippen molar-refractivity contribution >= 4 is 16.7 Å². The number of aromatic nitrogens is 1. The first-order valence-corrected chi connectivity index (χ1v) is 14.3. The summed E-state index contributed by atoms with van der Waals surface area (Å²) in [6, 6.07) is 8.36. The Balaban J connectivity index is 0.00000353. The summed E-state index contributed by atoms with van der Waals surface area (Å²) in [6.07, 6.45) is 13.9. The molecule has 0 aliphatic carbocycles. The number of aryl methyl sites for hydroxylation is 3. The fourth-order valence-corrected chi connectivity index (χ4v) is 5.78. The highest BCUT2D eigenvalue weighted by atomic mass is 35.5. The molecule has 0 saturated heterocycles. The number of hydrogen-bond donors (Lipinski definition) is 0. The third-order valence-electron chi connectivity index (χ3n) is 7.74. The Hall–Kier alpha value is -2.99. The third kappa shape index (κ3) is 6.11. The van der Waals surface area contributed by atoms with Gasteiger partial charge >= 0.3 is 5.97 Å². The zero-order chi connectivity index (χ0) is 26.5. The van der Waals surface area contributed by atoms with Crippen molar-refractivity contribution in [3.8, 4) is 34.3 Å². The molecule has 0 N–H and O–H groups in total. The molecule has 5 rings (SSSR count). The van der Waals surface area contributed by atoms with Crippen LogP contribution in [0.1, 0.15) is 82.8 Å². The molecular formula is C32H40ClNO5. The molecule has 2 aliphatic heterocycles. The average molecular weight is 554 g/mol. The average Bonchev–Trinajstić information content (AvgIpc) is 3.38. The van der Waals surface area contributed by atoms with E-state index in [2.05, 4.69) is 35.9 Å². The van der Waals surface area contributed by atoms with Gasteiger partial charge in [-0.3, -0.25) is 4.79 Å². The molecule has 0 unspecified atom stereocenters. The molecule has 2 aromatic carbocycles. The molecule has 6 nitrogen and oxygen atoms in total. The second-order valence-corrected chi connectivity index (χ2v) is 10.4. The van der Waals surface area contributed by atoms with Crippen LogP contribution in [0.25, 0.3) is 22.0 Å². The molecule has 3 aromatic rings. The maximum absolute atomic E-state index is 12.6. The maximum atomic E-state index is 12.6. The van der Waals surface area contributed by atoms with Gasteiger partial charge < -0.3 is 31.4 Å². The summed E-state index contributed by atoms with van der Waals surface area (Å²) < 4.78 is 25.4. The summed E-state index contributed by atoms with van der Waals surface area (Å²) in [5.74, 6) is 2.53. The Morgan fingerprint density at radius 2 is 1.69 bits per heavy atom. The van der Waals surface area contributed by atoms with Crippen molar-refractivity contribution in [3.63, 3.8) is 0 Å². The number of fused-ring (bicyclic) bond motifs is 5.